The van der Waals surface area contributed by atoms with E-state index >= 15 is 0 Å². The number of hydrogen-bond acceptors (Lipinski definition) is 6. The number of benzene rings is 3. The van der Waals surface area contributed by atoms with Crippen molar-refractivity contribution in [3.05, 3.63) is 78.2 Å². The minimum Gasteiger partial charge on any atom is -0.458 e. The summed E-state index contributed by atoms with van der Waals surface area (Å²) in [4.78, 5) is 29.9. The third-order valence-corrected chi connectivity index (χ3v) is 6.89. The summed E-state index contributed by atoms with van der Waals surface area (Å²) in [6, 6.07) is 18.8. The molecule has 1 aromatic heterocycles. The maximum Gasteiger partial charge on any atom is 0.330 e. The Morgan fingerprint density at radius 2 is 1.60 bits per heavy atom. The van der Waals surface area contributed by atoms with Crippen molar-refractivity contribution in [2.45, 2.75) is 53.2 Å². The van der Waals surface area contributed by atoms with E-state index in [1.165, 1.54) is 0 Å². The average molecular weight is 564 g/mol. The molecule has 4 aromatic rings. The standard InChI is InChI=1S/C30H33N3O6S/c1-18(2)26(29(35)39-30(4,5)6)33(40(36)37)23-16-12-21(13-17-23)20-10-14-22(15-11-20)31-27(34)28-32-25-19(3)8-7-9-24(25)38-28/h7-18,26H,1-6H3,(H,31,34)(H,36,37). The molecule has 0 spiro atoms. The van der Waals surface area contributed by atoms with Gasteiger partial charge in [0.15, 0.2) is 5.58 Å². The molecular weight excluding hydrogens is 530 g/mol. The molecule has 10 heteroatoms. The molecule has 0 aliphatic heterocycles. The second-order valence-corrected chi connectivity index (χ2v) is 11.7. The van der Waals surface area contributed by atoms with Gasteiger partial charge in [0, 0.05) is 5.69 Å². The molecule has 3 aromatic carbocycles. The number of esters is 1. The predicted molar refractivity (Wildman–Crippen MR) is 156 cm³/mol. The summed E-state index contributed by atoms with van der Waals surface area (Å²) in [6.45, 7) is 10.8. The highest BCUT2D eigenvalue weighted by Gasteiger charge is 2.36. The molecule has 9 nitrogen and oxygen atoms in total. The molecule has 0 bridgehead atoms. The van der Waals surface area contributed by atoms with Gasteiger partial charge in [-0.3, -0.25) is 13.7 Å². The van der Waals surface area contributed by atoms with E-state index in [4.69, 9.17) is 9.15 Å². The zero-order chi connectivity index (χ0) is 29.2. The van der Waals surface area contributed by atoms with Gasteiger partial charge in [-0.1, -0.05) is 50.2 Å². The first-order valence-corrected chi connectivity index (χ1v) is 13.9. The maximum atomic E-state index is 12.9. The average Bonchev–Trinajstić information content (AvgIpc) is 3.32. The molecule has 0 aliphatic carbocycles. The van der Waals surface area contributed by atoms with Gasteiger partial charge < -0.3 is 14.5 Å². The summed E-state index contributed by atoms with van der Waals surface area (Å²) in [5.41, 5.74) is 4.09. The molecule has 2 unspecified atom stereocenters. The monoisotopic (exact) mass is 563 g/mol. The van der Waals surface area contributed by atoms with E-state index in [1.807, 2.05) is 31.2 Å². The molecule has 0 aliphatic rings. The van der Waals surface area contributed by atoms with E-state index in [2.05, 4.69) is 10.3 Å². The number of carbonyl (C=O) groups excluding carboxylic acids is 2. The third kappa shape index (κ3) is 6.57. The molecule has 210 valence electrons. The zero-order valence-corrected chi connectivity index (χ0v) is 24.1. The van der Waals surface area contributed by atoms with Gasteiger partial charge in [0.05, 0.1) is 5.69 Å². The summed E-state index contributed by atoms with van der Waals surface area (Å²) >= 11 is -2.46. The molecule has 0 fully saturated rings. The highest BCUT2D eigenvalue weighted by atomic mass is 32.2. The number of ether oxygens (including phenoxy) is 1. The Kier molecular flexibility index (Phi) is 8.41. The summed E-state index contributed by atoms with van der Waals surface area (Å²) < 4.78 is 34.7. The van der Waals surface area contributed by atoms with Crippen LogP contribution in [-0.2, 0) is 20.8 Å². The summed E-state index contributed by atoms with van der Waals surface area (Å²) in [6.07, 6.45) is 0. The molecule has 1 amide bonds. The van der Waals surface area contributed by atoms with E-state index < -0.39 is 34.8 Å². The van der Waals surface area contributed by atoms with Crippen molar-refractivity contribution < 1.29 is 27.5 Å². The van der Waals surface area contributed by atoms with Crippen LogP contribution in [0.15, 0.2) is 71.1 Å². The van der Waals surface area contributed by atoms with Crippen LogP contribution in [0.3, 0.4) is 0 Å². The molecule has 0 saturated carbocycles. The van der Waals surface area contributed by atoms with Gasteiger partial charge in [0.2, 0.25) is 0 Å². The van der Waals surface area contributed by atoms with Gasteiger partial charge in [-0.2, -0.15) is 0 Å². The van der Waals surface area contributed by atoms with E-state index in [1.54, 1.807) is 77.1 Å². The molecule has 2 atom stereocenters. The van der Waals surface area contributed by atoms with Crippen LogP contribution < -0.4 is 9.62 Å². The molecule has 0 radical (unpaired) electrons. The third-order valence-electron chi connectivity index (χ3n) is 6.11. The predicted octanol–water partition coefficient (Wildman–Crippen LogP) is 6.36. The van der Waals surface area contributed by atoms with Crippen molar-refractivity contribution in [3.8, 4) is 11.1 Å². The van der Waals surface area contributed by atoms with Crippen molar-refractivity contribution in [3.63, 3.8) is 0 Å². The van der Waals surface area contributed by atoms with Crippen LogP contribution >= 0.6 is 0 Å². The summed E-state index contributed by atoms with van der Waals surface area (Å²) in [5, 5.41) is 2.80. The Bertz CT molecular complexity index is 1540. The number of aryl methyl sites for hydroxylation is 1. The van der Waals surface area contributed by atoms with Gasteiger partial charge in [-0.25, -0.2) is 14.0 Å². The lowest BCUT2D eigenvalue weighted by molar-refractivity contribution is -0.157. The first-order valence-electron chi connectivity index (χ1n) is 12.8. The zero-order valence-electron chi connectivity index (χ0n) is 23.3. The molecule has 4 rings (SSSR count). The highest BCUT2D eigenvalue weighted by molar-refractivity contribution is 7.80. The number of para-hydroxylation sites is 1. The van der Waals surface area contributed by atoms with Gasteiger partial charge in [0.25, 0.3) is 17.2 Å². The lowest BCUT2D eigenvalue weighted by Crippen LogP contribution is -2.48. The van der Waals surface area contributed by atoms with Crippen LogP contribution in [-0.4, -0.2) is 37.3 Å². The minimum absolute atomic E-state index is 0.0131. The second-order valence-electron chi connectivity index (χ2n) is 10.8. The van der Waals surface area contributed by atoms with Crippen molar-refractivity contribution in [1.29, 1.82) is 0 Å². The van der Waals surface area contributed by atoms with Gasteiger partial charge in [-0.15, -0.1) is 0 Å². The summed E-state index contributed by atoms with van der Waals surface area (Å²) in [5.74, 6) is -1.32. The number of rotatable bonds is 8. The molecule has 40 heavy (non-hydrogen) atoms. The van der Waals surface area contributed by atoms with E-state index in [9.17, 15) is 18.4 Å². The Hall–Kier alpha value is -4.02. The lowest BCUT2D eigenvalue weighted by Gasteiger charge is -2.33. The SMILES string of the molecule is Cc1cccc2oc(C(=O)Nc3ccc(-c4ccc(N(C(C(=O)OC(C)(C)C)C(C)C)S(=O)O)cc4)cc3)nc12. The number of carbonyl (C=O) groups is 2. The Morgan fingerprint density at radius 3 is 2.12 bits per heavy atom. The fourth-order valence-electron chi connectivity index (χ4n) is 4.26. The van der Waals surface area contributed by atoms with E-state index in [0.29, 0.717) is 22.5 Å². The van der Waals surface area contributed by atoms with Gasteiger partial charge in [-0.05, 0) is 80.6 Å². The fourth-order valence-corrected chi connectivity index (χ4v) is 5.09. The number of hydrogen-bond donors (Lipinski definition) is 2. The largest absolute Gasteiger partial charge is 0.458 e. The highest BCUT2D eigenvalue weighted by Crippen LogP contribution is 2.29. The number of nitrogens with one attached hydrogen (secondary N) is 1. The van der Waals surface area contributed by atoms with Crippen molar-refractivity contribution >= 4 is 45.6 Å². The topological polar surface area (TPSA) is 122 Å². The second kappa shape index (κ2) is 11.6. The number of fused-ring (bicyclic) bond motifs is 1. The number of oxazole rings is 1. The van der Waals surface area contributed by atoms with Crippen molar-refractivity contribution in [1.82, 2.24) is 4.98 Å². The van der Waals surface area contributed by atoms with E-state index in [-0.39, 0.29) is 11.8 Å². The van der Waals surface area contributed by atoms with Crippen LogP contribution in [0.2, 0.25) is 0 Å². The van der Waals surface area contributed by atoms with Crippen LogP contribution in [0.1, 0.15) is 50.9 Å². The van der Waals surface area contributed by atoms with Crippen molar-refractivity contribution in [2.75, 3.05) is 9.62 Å². The number of aromatic nitrogens is 1. The maximum absolute atomic E-state index is 12.9. The van der Waals surface area contributed by atoms with Crippen LogP contribution in [0.5, 0.6) is 0 Å². The normalized spacial score (nSPS) is 13.2. The minimum atomic E-state index is -2.46. The quantitative estimate of drug-likeness (QED) is 0.189. The molecule has 0 saturated heterocycles. The van der Waals surface area contributed by atoms with Gasteiger partial charge >= 0.3 is 11.9 Å². The number of amides is 1. The molecule has 1 heterocycles. The fraction of sp³-hybridized carbons (Fsp3) is 0.300. The molecular formula is C30H33N3O6S. The van der Waals surface area contributed by atoms with Crippen LogP contribution in [0.4, 0.5) is 11.4 Å². The Balaban J connectivity index is 1.50. The summed E-state index contributed by atoms with van der Waals surface area (Å²) in [7, 11) is 0. The Labute approximate surface area is 236 Å². The molecule has 2 N–H and O–H groups in total. The smallest absolute Gasteiger partial charge is 0.330 e. The van der Waals surface area contributed by atoms with Gasteiger partial charge in [0.1, 0.15) is 17.2 Å². The number of anilines is 2. The van der Waals surface area contributed by atoms with Crippen LogP contribution in [0, 0.1) is 12.8 Å². The van der Waals surface area contributed by atoms with Crippen LogP contribution in [0.25, 0.3) is 22.2 Å². The Morgan fingerprint density at radius 1 is 1.00 bits per heavy atom. The lowest BCUT2D eigenvalue weighted by atomic mass is 10.0. The van der Waals surface area contributed by atoms with Crippen molar-refractivity contribution in [2.24, 2.45) is 5.92 Å². The number of nitrogens with zero attached hydrogens (tertiary/aromatic N) is 2. The van der Waals surface area contributed by atoms with E-state index in [0.717, 1.165) is 21.0 Å². The first-order chi connectivity index (χ1) is 18.8. The first kappa shape index (κ1) is 29.0.